The van der Waals surface area contributed by atoms with Crippen LogP contribution >= 0.6 is 11.6 Å². The van der Waals surface area contributed by atoms with Crippen molar-refractivity contribution in [3.63, 3.8) is 0 Å². The summed E-state index contributed by atoms with van der Waals surface area (Å²) in [4.78, 5) is 14.6. The molecule has 1 N–H and O–H groups in total. The first-order valence-electron chi connectivity index (χ1n) is 6.71. The summed E-state index contributed by atoms with van der Waals surface area (Å²) in [6, 6.07) is 13.4. The maximum absolute atomic E-state index is 10.8. The highest BCUT2D eigenvalue weighted by molar-refractivity contribution is 6.31. The van der Waals surface area contributed by atoms with Crippen LogP contribution in [0.25, 0.3) is 10.9 Å². The number of benzene rings is 2. The van der Waals surface area contributed by atoms with Crippen LogP contribution in [0.2, 0.25) is 5.02 Å². The average molecular weight is 327 g/mol. The van der Waals surface area contributed by atoms with Gasteiger partial charge < -0.3 is 0 Å². The van der Waals surface area contributed by atoms with Gasteiger partial charge in [-0.1, -0.05) is 23.7 Å². The van der Waals surface area contributed by atoms with Crippen molar-refractivity contribution in [2.45, 2.75) is 0 Å². The van der Waals surface area contributed by atoms with Crippen molar-refractivity contribution in [1.82, 2.24) is 4.98 Å². The maximum atomic E-state index is 10.8. The molecule has 0 atom stereocenters. The SMILES string of the molecule is O=[N+]([O-])c1cccc(/C=N/Nc2ccnc3cc(Cl)ccc23)c1. The minimum Gasteiger partial charge on any atom is -0.278 e. The van der Waals surface area contributed by atoms with Crippen molar-refractivity contribution in [1.29, 1.82) is 0 Å². The molecule has 7 heteroatoms. The van der Waals surface area contributed by atoms with Crippen LogP contribution in [0.5, 0.6) is 0 Å². The quantitative estimate of drug-likeness (QED) is 0.441. The molecule has 3 aromatic rings. The van der Waals surface area contributed by atoms with Crippen LogP contribution in [-0.4, -0.2) is 16.1 Å². The van der Waals surface area contributed by atoms with Gasteiger partial charge in [0.15, 0.2) is 0 Å². The van der Waals surface area contributed by atoms with Gasteiger partial charge in [-0.2, -0.15) is 5.10 Å². The molecule has 6 nitrogen and oxygen atoms in total. The molecule has 0 bridgehead atoms. The normalized spacial score (nSPS) is 11.0. The van der Waals surface area contributed by atoms with Crippen LogP contribution in [-0.2, 0) is 0 Å². The second-order valence-electron chi connectivity index (χ2n) is 4.74. The summed E-state index contributed by atoms with van der Waals surface area (Å²) in [7, 11) is 0. The number of hydrogen-bond acceptors (Lipinski definition) is 5. The van der Waals surface area contributed by atoms with Gasteiger partial charge in [0.25, 0.3) is 5.69 Å². The maximum Gasteiger partial charge on any atom is 0.270 e. The van der Waals surface area contributed by atoms with Crippen LogP contribution in [0.4, 0.5) is 11.4 Å². The number of hydrazone groups is 1. The molecule has 0 spiro atoms. The van der Waals surface area contributed by atoms with Crippen molar-refractivity contribution in [2.24, 2.45) is 5.10 Å². The van der Waals surface area contributed by atoms with E-state index >= 15 is 0 Å². The van der Waals surface area contributed by atoms with Crippen LogP contribution < -0.4 is 5.43 Å². The molecule has 0 saturated heterocycles. The van der Waals surface area contributed by atoms with E-state index in [4.69, 9.17) is 11.6 Å². The zero-order valence-electron chi connectivity index (χ0n) is 11.8. The molecule has 1 heterocycles. The van der Waals surface area contributed by atoms with Crippen molar-refractivity contribution < 1.29 is 4.92 Å². The lowest BCUT2D eigenvalue weighted by atomic mass is 10.2. The Bertz CT molecular complexity index is 911. The molecule has 0 aliphatic carbocycles. The Morgan fingerprint density at radius 2 is 2.09 bits per heavy atom. The van der Waals surface area contributed by atoms with Crippen molar-refractivity contribution in [2.75, 3.05) is 5.43 Å². The lowest BCUT2D eigenvalue weighted by molar-refractivity contribution is -0.384. The van der Waals surface area contributed by atoms with E-state index < -0.39 is 4.92 Å². The molecule has 0 radical (unpaired) electrons. The van der Waals surface area contributed by atoms with Gasteiger partial charge in [-0.05, 0) is 24.3 Å². The Kier molecular flexibility index (Phi) is 4.16. The second-order valence-corrected chi connectivity index (χ2v) is 5.18. The van der Waals surface area contributed by atoms with Gasteiger partial charge in [0.1, 0.15) is 0 Å². The fourth-order valence-electron chi connectivity index (χ4n) is 2.11. The third-order valence-corrected chi connectivity index (χ3v) is 3.42. The van der Waals surface area contributed by atoms with E-state index in [9.17, 15) is 10.1 Å². The number of aromatic nitrogens is 1. The highest BCUT2D eigenvalue weighted by Crippen LogP contribution is 2.24. The number of halogens is 1. The fourth-order valence-corrected chi connectivity index (χ4v) is 2.28. The fraction of sp³-hybridized carbons (Fsp3) is 0. The minimum atomic E-state index is -0.440. The highest BCUT2D eigenvalue weighted by atomic mass is 35.5. The zero-order chi connectivity index (χ0) is 16.2. The predicted molar refractivity (Wildman–Crippen MR) is 91.1 cm³/mol. The minimum absolute atomic E-state index is 0.0259. The summed E-state index contributed by atoms with van der Waals surface area (Å²) in [5.74, 6) is 0. The molecule has 0 amide bonds. The highest BCUT2D eigenvalue weighted by Gasteiger charge is 2.04. The first-order chi connectivity index (χ1) is 11.1. The molecule has 0 saturated carbocycles. The number of non-ortho nitro benzene ring substituents is 1. The van der Waals surface area contributed by atoms with E-state index in [-0.39, 0.29) is 5.69 Å². The van der Waals surface area contributed by atoms with Crippen molar-refractivity contribution >= 4 is 40.1 Å². The summed E-state index contributed by atoms with van der Waals surface area (Å²) in [5, 5.41) is 16.4. The second kappa shape index (κ2) is 6.41. The summed E-state index contributed by atoms with van der Waals surface area (Å²) < 4.78 is 0. The van der Waals surface area contributed by atoms with E-state index in [2.05, 4.69) is 15.5 Å². The summed E-state index contributed by atoms with van der Waals surface area (Å²) in [5.41, 5.74) is 5.11. The number of anilines is 1. The van der Waals surface area contributed by atoms with Crippen LogP contribution in [0.15, 0.2) is 59.8 Å². The number of fused-ring (bicyclic) bond motifs is 1. The Morgan fingerprint density at radius 1 is 1.22 bits per heavy atom. The third-order valence-electron chi connectivity index (χ3n) is 3.18. The summed E-state index contributed by atoms with van der Waals surface area (Å²) in [6.07, 6.45) is 3.18. The smallest absolute Gasteiger partial charge is 0.270 e. The standard InChI is InChI=1S/C16H11ClN4O2/c17-12-4-5-14-15(6-7-18-16(14)9-12)20-19-10-11-2-1-3-13(8-11)21(22)23/h1-10H,(H,18,20)/b19-10+. The van der Waals surface area contributed by atoms with E-state index in [0.717, 1.165) is 16.6 Å². The monoisotopic (exact) mass is 326 g/mol. The van der Waals surface area contributed by atoms with E-state index in [1.165, 1.54) is 18.3 Å². The number of nitrogens with one attached hydrogen (secondary N) is 1. The number of nitro benzene ring substituents is 1. The average Bonchev–Trinajstić information content (AvgIpc) is 2.55. The number of nitro groups is 1. The molecule has 0 unspecified atom stereocenters. The van der Waals surface area contributed by atoms with Crippen LogP contribution in [0.1, 0.15) is 5.56 Å². The Balaban J connectivity index is 1.83. The molecule has 2 aromatic carbocycles. The third kappa shape index (κ3) is 3.44. The van der Waals surface area contributed by atoms with Gasteiger partial charge in [-0.15, -0.1) is 0 Å². The molecular formula is C16H11ClN4O2. The predicted octanol–water partition coefficient (Wildman–Crippen LogP) is 4.24. The van der Waals surface area contributed by atoms with Crippen molar-refractivity contribution in [3.05, 3.63) is 75.4 Å². The Labute approximate surface area is 136 Å². The molecule has 114 valence electrons. The largest absolute Gasteiger partial charge is 0.278 e. The lowest BCUT2D eigenvalue weighted by Crippen LogP contribution is -1.94. The van der Waals surface area contributed by atoms with Crippen LogP contribution in [0, 0.1) is 10.1 Å². The van der Waals surface area contributed by atoms with Gasteiger partial charge in [-0.25, -0.2) is 0 Å². The van der Waals surface area contributed by atoms with E-state index in [1.54, 1.807) is 36.5 Å². The van der Waals surface area contributed by atoms with Gasteiger partial charge in [0.05, 0.1) is 22.3 Å². The Hall–Kier alpha value is -2.99. The number of pyridine rings is 1. The number of nitrogens with zero attached hydrogens (tertiary/aromatic N) is 3. The number of rotatable bonds is 4. The van der Waals surface area contributed by atoms with Gasteiger partial charge in [0.2, 0.25) is 0 Å². The molecular weight excluding hydrogens is 316 g/mol. The first kappa shape index (κ1) is 14.9. The van der Waals surface area contributed by atoms with Gasteiger partial charge >= 0.3 is 0 Å². The topological polar surface area (TPSA) is 80.4 Å². The molecule has 0 fully saturated rings. The molecule has 0 aliphatic rings. The molecule has 3 rings (SSSR count). The number of hydrogen-bond donors (Lipinski definition) is 1. The first-order valence-corrected chi connectivity index (χ1v) is 7.09. The van der Waals surface area contributed by atoms with E-state index in [0.29, 0.717) is 10.6 Å². The Morgan fingerprint density at radius 3 is 2.91 bits per heavy atom. The summed E-state index contributed by atoms with van der Waals surface area (Å²) >= 11 is 5.95. The van der Waals surface area contributed by atoms with Gasteiger partial charge in [0, 0.05) is 34.3 Å². The van der Waals surface area contributed by atoms with E-state index in [1.807, 2.05) is 6.07 Å². The molecule has 1 aromatic heterocycles. The lowest BCUT2D eigenvalue weighted by Gasteiger charge is -2.05. The summed E-state index contributed by atoms with van der Waals surface area (Å²) in [6.45, 7) is 0. The molecule has 23 heavy (non-hydrogen) atoms. The van der Waals surface area contributed by atoms with Crippen molar-refractivity contribution in [3.8, 4) is 0 Å². The zero-order valence-corrected chi connectivity index (χ0v) is 12.6. The van der Waals surface area contributed by atoms with Crippen LogP contribution in [0.3, 0.4) is 0 Å². The van der Waals surface area contributed by atoms with Gasteiger partial charge in [-0.3, -0.25) is 20.5 Å². The molecule has 0 aliphatic heterocycles.